The average molecular weight is 176 g/mol. The lowest BCUT2D eigenvalue weighted by molar-refractivity contribution is 0.695. The Balaban J connectivity index is 2.28. The minimum atomic E-state index is 1.10. The van der Waals surface area contributed by atoms with Crippen LogP contribution in [0.25, 0.3) is 0 Å². The van der Waals surface area contributed by atoms with Gasteiger partial charge in [0, 0.05) is 0 Å². The van der Waals surface area contributed by atoms with Gasteiger partial charge in [-0.3, -0.25) is 0 Å². The second kappa shape index (κ2) is 7.85. The van der Waals surface area contributed by atoms with Crippen LogP contribution in [-0.2, 0) is 0 Å². The van der Waals surface area contributed by atoms with Gasteiger partial charge < -0.3 is 0 Å². The largest absolute Gasteiger partial charge is 0.0882 e. The molecule has 0 nitrogen and oxygen atoms in total. The van der Waals surface area contributed by atoms with Gasteiger partial charge in [-0.05, 0) is 38.5 Å². The van der Waals surface area contributed by atoms with Crippen LogP contribution in [0.3, 0.4) is 0 Å². The van der Waals surface area contributed by atoms with Crippen molar-refractivity contribution in [1.29, 1.82) is 0 Å². The smallest absolute Gasteiger partial charge is 0.0169 e. The predicted octanol–water partition coefficient (Wildman–Crippen LogP) is 4.40. The van der Waals surface area contributed by atoms with Gasteiger partial charge in [0.2, 0.25) is 0 Å². The van der Waals surface area contributed by atoms with Gasteiger partial charge in [-0.2, -0.15) is 0 Å². The second-order valence-corrected chi connectivity index (χ2v) is 3.52. The fourth-order valence-corrected chi connectivity index (χ4v) is 1.48. The van der Waals surface area contributed by atoms with E-state index in [4.69, 9.17) is 0 Å². The SMILES string of the molecule is C1=CCC=CCCCCCC=CC1. The molecule has 1 aliphatic rings. The third kappa shape index (κ3) is 6.39. The molecule has 0 unspecified atom stereocenters. The molecule has 0 aromatic rings. The van der Waals surface area contributed by atoms with Gasteiger partial charge in [0.05, 0.1) is 0 Å². The Morgan fingerprint density at radius 3 is 1.46 bits per heavy atom. The summed E-state index contributed by atoms with van der Waals surface area (Å²) in [5.74, 6) is 0. The van der Waals surface area contributed by atoms with Crippen molar-refractivity contribution in [3.63, 3.8) is 0 Å². The van der Waals surface area contributed by atoms with Crippen LogP contribution in [0.4, 0.5) is 0 Å². The monoisotopic (exact) mass is 176 g/mol. The Kier molecular flexibility index (Phi) is 6.22. The van der Waals surface area contributed by atoms with Crippen molar-refractivity contribution < 1.29 is 0 Å². The summed E-state index contributed by atoms with van der Waals surface area (Å²) in [6.45, 7) is 0. The molecule has 0 aromatic heterocycles. The minimum Gasteiger partial charge on any atom is -0.0882 e. The van der Waals surface area contributed by atoms with E-state index >= 15 is 0 Å². The molecule has 72 valence electrons. The molecule has 0 atom stereocenters. The molecule has 0 fully saturated rings. The molecule has 0 aromatic carbocycles. The average Bonchev–Trinajstić information content (AvgIpc) is 2.18. The summed E-state index contributed by atoms with van der Waals surface area (Å²) in [7, 11) is 0. The van der Waals surface area contributed by atoms with E-state index in [0.717, 1.165) is 12.8 Å². The molecule has 13 heavy (non-hydrogen) atoms. The van der Waals surface area contributed by atoms with Crippen LogP contribution in [0.1, 0.15) is 44.9 Å². The fourth-order valence-electron chi connectivity index (χ4n) is 1.48. The Morgan fingerprint density at radius 2 is 0.923 bits per heavy atom. The van der Waals surface area contributed by atoms with Crippen LogP contribution < -0.4 is 0 Å². The highest BCUT2D eigenvalue weighted by Crippen LogP contribution is 2.06. The lowest BCUT2D eigenvalue weighted by Gasteiger charge is -1.94. The van der Waals surface area contributed by atoms with Crippen molar-refractivity contribution in [2.24, 2.45) is 0 Å². The number of hydrogen-bond acceptors (Lipinski definition) is 0. The molecule has 1 rings (SSSR count). The van der Waals surface area contributed by atoms with Crippen molar-refractivity contribution in [3.05, 3.63) is 36.5 Å². The second-order valence-electron chi connectivity index (χ2n) is 3.52. The quantitative estimate of drug-likeness (QED) is 0.480. The summed E-state index contributed by atoms with van der Waals surface area (Å²) < 4.78 is 0. The zero-order valence-corrected chi connectivity index (χ0v) is 8.41. The van der Waals surface area contributed by atoms with Gasteiger partial charge in [-0.15, -0.1) is 0 Å². The summed E-state index contributed by atoms with van der Waals surface area (Å²) in [4.78, 5) is 0. The number of allylic oxidation sites excluding steroid dienone is 6. The van der Waals surface area contributed by atoms with E-state index in [1.165, 1.54) is 32.1 Å². The van der Waals surface area contributed by atoms with E-state index in [9.17, 15) is 0 Å². The Morgan fingerprint density at radius 1 is 0.462 bits per heavy atom. The highest BCUT2D eigenvalue weighted by Gasteiger charge is 1.86. The zero-order chi connectivity index (χ0) is 9.19. The summed E-state index contributed by atoms with van der Waals surface area (Å²) in [6.07, 6.45) is 22.5. The molecule has 0 radical (unpaired) electrons. The Bertz CT molecular complexity index is 164. The van der Waals surface area contributed by atoms with Crippen LogP contribution in [0.15, 0.2) is 36.5 Å². The van der Waals surface area contributed by atoms with Gasteiger partial charge in [0.25, 0.3) is 0 Å². The van der Waals surface area contributed by atoms with Crippen molar-refractivity contribution in [2.75, 3.05) is 0 Å². The first-order valence-electron chi connectivity index (χ1n) is 5.45. The minimum absolute atomic E-state index is 1.10. The third-order valence-corrected chi connectivity index (χ3v) is 2.29. The summed E-state index contributed by atoms with van der Waals surface area (Å²) >= 11 is 0. The third-order valence-electron chi connectivity index (χ3n) is 2.29. The van der Waals surface area contributed by atoms with E-state index in [0.29, 0.717) is 0 Å². The van der Waals surface area contributed by atoms with Crippen molar-refractivity contribution in [2.45, 2.75) is 44.9 Å². The van der Waals surface area contributed by atoms with Crippen LogP contribution in [0.2, 0.25) is 0 Å². The van der Waals surface area contributed by atoms with E-state index in [1.54, 1.807) is 0 Å². The predicted molar refractivity (Wildman–Crippen MR) is 59.7 cm³/mol. The molecular weight excluding hydrogens is 156 g/mol. The fraction of sp³-hybridized carbons (Fsp3) is 0.538. The molecule has 0 heterocycles. The maximum absolute atomic E-state index is 2.32. The summed E-state index contributed by atoms with van der Waals surface area (Å²) in [6, 6.07) is 0. The molecule has 0 saturated heterocycles. The van der Waals surface area contributed by atoms with E-state index in [1.807, 2.05) is 0 Å². The first-order chi connectivity index (χ1) is 6.50. The van der Waals surface area contributed by atoms with Gasteiger partial charge in [-0.25, -0.2) is 0 Å². The molecule has 0 N–H and O–H groups in total. The van der Waals surface area contributed by atoms with E-state index < -0.39 is 0 Å². The highest BCUT2D eigenvalue weighted by molar-refractivity contribution is 4.97. The summed E-state index contributed by atoms with van der Waals surface area (Å²) in [5.41, 5.74) is 0. The first-order valence-corrected chi connectivity index (χ1v) is 5.45. The molecule has 0 aliphatic heterocycles. The summed E-state index contributed by atoms with van der Waals surface area (Å²) in [5, 5.41) is 0. The topological polar surface area (TPSA) is 0 Å². The Hall–Kier alpha value is -0.780. The first kappa shape index (κ1) is 10.3. The molecule has 0 heteroatoms. The number of rotatable bonds is 0. The van der Waals surface area contributed by atoms with Gasteiger partial charge >= 0.3 is 0 Å². The van der Waals surface area contributed by atoms with Crippen LogP contribution in [-0.4, -0.2) is 0 Å². The van der Waals surface area contributed by atoms with Crippen LogP contribution in [0, 0.1) is 0 Å². The molecular formula is C13H20. The standard InChI is InChI=1S/C13H20/c1-2-4-6-8-10-12-13-11-9-7-5-3-1/h1-2,5-8H,3-4,9-13H2. The van der Waals surface area contributed by atoms with Gasteiger partial charge in [0.1, 0.15) is 0 Å². The lowest BCUT2D eigenvalue weighted by atomic mass is 10.1. The molecule has 1 aliphatic carbocycles. The zero-order valence-electron chi connectivity index (χ0n) is 8.41. The van der Waals surface area contributed by atoms with Crippen LogP contribution in [0.5, 0.6) is 0 Å². The van der Waals surface area contributed by atoms with Gasteiger partial charge in [-0.1, -0.05) is 42.9 Å². The van der Waals surface area contributed by atoms with Crippen molar-refractivity contribution in [3.8, 4) is 0 Å². The van der Waals surface area contributed by atoms with Crippen LogP contribution >= 0.6 is 0 Å². The normalized spacial score (nSPS) is 20.3. The highest BCUT2D eigenvalue weighted by atomic mass is 13.9. The molecule has 0 bridgehead atoms. The maximum Gasteiger partial charge on any atom is -0.0169 e. The number of hydrogen-bond donors (Lipinski definition) is 0. The molecule has 0 saturated carbocycles. The van der Waals surface area contributed by atoms with E-state index in [2.05, 4.69) is 36.5 Å². The van der Waals surface area contributed by atoms with E-state index in [-0.39, 0.29) is 0 Å². The van der Waals surface area contributed by atoms with Crippen molar-refractivity contribution in [1.82, 2.24) is 0 Å². The lowest BCUT2D eigenvalue weighted by Crippen LogP contribution is -1.74. The Labute approximate surface area is 82.0 Å². The van der Waals surface area contributed by atoms with Crippen molar-refractivity contribution >= 4 is 0 Å². The molecule has 0 spiro atoms. The maximum atomic E-state index is 2.32. The molecule has 0 amide bonds. The van der Waals surface area contributed by atoms with Gasteiger partial charge in [0.15, 0.2) is 0 Å².